The highest BCUT2D eigenvalue weighted by atomic mass is 35.5. The van der Waals surface area contributed by atoms with E-state index in [9.17, 15) is 14.0 Å². The Bertz CT molecular complexity index is 1370. The van der Waals surface area contributed by atoms with Crippen molar-refractivity contribution < 1.29 is 23.5 Å². The molecule has 4 aromatic rings. The van der Waals surface area contributed by atoms with E-state index in [1.54, 1.807) is 41.3 Å². The molecule has 0 saturated heterocycles. The number of ether oxygens (including phenoxy) is 2. The molecule has 0 fully saturated rings. The Kier molecular flexibility index (Phi) is 8.24. The van der Waals surface area contributed by atoms with Gasteiger partial charge in [0.15, 0.2) is 11.0 Å². The molecule has 2 heterocycles. The lowest BCUT2D eigenvalue weighted by atomic mass is 10.0. The minimum Gasteiger partial charge on any atom is -0.486 e. The molecule has 0 radical (unpaired) electrons. The maximum atomic E-state index is 13.0. The first-order valence-electron chi connectivity index (χ1n) is 10.5. The van der Waals surface area contributed by atoms with Crippen molar-refractivity contribution in [2.24, 2.45) is 7.05 Å². The smallest absolute Gasteiger partial charge is 0.341 e. The number of esters is 1. The molecule has 2 aromatic heterocycles. The van der Waals surface area contributed by atoms with Crippen LogP contribution in [-0.2, 0) is 23.2 Å². The van der Waals surface area contributed by atoms with Crippen LogP contribution in [0.5, 0.6) is 5.75 Å². The average Bonchev–Trinajstić information content (AvgIpc) is 3.45. The van der Waals surface area contributed by atoms with Crippen molar-refractivity contribution in [3.63, 3.8) is 0 Å². The summed E-state index contributed by atoms with van der Waals surface area (Å²) in [5.74, 6) is -0.130. The predicted molar refractivity (Wildman–Crippen MR) is 137 cm³/mol. The van der Waals surface area contributed by atoms with Crippen molar-refractivity contribution in [2.45, 2.75) is 11.8 Å². The fourth-order valence-electron chi connectivity index (χ4n) is 3.16. The molecule has 0 unspecified atom stereocenters. The van der Waals surface area contributed by atoms with E-state index >= 15 is 0 Å². The number of thiophene rings is 1. The van der Waals surface area contributed by atoms with Crippen LogP contribution in [0.3, 0.4) is 0 Å². The highest BCUT2D eigenvalue weighted by Crippen LogP contribution is 2.36. The first-order chi connectivity index (χ1) is 17.4. The number of anilines is 1. The molecule has 12 heteroatoms. The number of benzene rings is 2. The van der Waals surface area contributed by atoms with Crippen molar-refractivity contribution in [3.8, 4) is 16.9 Å². The summed E-state index contributed by atoms with van der Waals surface area (Å²) in [7, 11) is 3.05. The normalized spacial score (nSPS) is 10.8. The van der Waals surface area contributed by atoms with Crippen LogP contribution in [0.15, 0.2) is 59.1 Å². The summed E-state index contributed by atoms with van der Waals surface area (Å²) in [4.78, 5) is 25.2. The Morgan fingerprint density at radius 1 is 1.14 bits per heavy atom. The molecule has 4 rings (SSSR count). The molecule has 0 atom stereocenters. The second-order valence-corrected chi connectivity index (χ2v) is 9.65. The largest absolute Gasteiger partial charge is 0.486 e. The highest BCUT2D eigenvalue weighted by molar-refractivity contribution is 7.99. The van der Waals surface area contributed by atoms with E-state index in [2.05, 4.69) is 15.5 Å². The molecule has 2 aromatic carbocycles. The molecule has 0 spiro atoms. The minimum atomic E-state index is -0.553. The number of halogens is 2. The number of thioether (sulfide) groups is 1. The maximum Gasteiger partial charge on any atom is 0.341 e. The first kappa shape index (κ1) is 25.7. The lowest BCUT2D eigenvalue weighted by molar-refractivity contribution is -0.113. The van der Waals surface area contributed by atoms with E-state index in [1.807, 2.05) is 0 Å². The number of carbonyl (C=O) groups excluding carboxylic acids is 2. The van der Waals surface area contributed by atoms with E-state index in [0.29, 0.717) is 32.3 Å². The standard InChI is InChI=1S/C24H20ClFN4O4S2/c1-30-19(11-34-17-9-7-16(26)8-10-17)28-29-24(30)36-13-20(31)27-22-21(23(32)33-2)18(12-35-22)14-3-5-15(25)6-4-14/h3-10,12H,11,13H2,1-2H3,(H,27,31). The van der Waals surface area contributed by atoms with Crippen molar-refractivity contribution in [3.05, 3.63) is 76.1 Å². The van der Waals surface area contributed by atoms with Crippen molar-refractivity contribution in [1.82, 2.24) is 14.8 Å². The number of hydrogen-bond donors (Lipinski definition) is 1. The molecule has 8 nitrogen and oxygen atoms in total. The van der Waals surface area contributed by atoms with E-state index in [4.69, 9.17) is 21.1 Å². The summed E-state index contributed by atoms with van der Waals surface area (Å²) in [6.07, 6.45) is 0. The number of methoxy groups -OCH3 is 1. The van der Waals surface area contributed by atoms with Gasteiger partial charge in [-0.2, -0.15) is 0 Å². The van der Waals surface area contributed by atoms with Crippen LogP contribution in [0, 0.1) is 5.82 Å². The molecule has 1 N–H and O–H groups in total. The van der Waals surface area contributed by atoms with Crippen LogP contribution < -0.4 is 10.1 Å². The third-order valence-electron chi connectivity index (χ3n) is 5.03. The van der Waals surface area contributed by atoms with Gasteiger partial charge in [0.25, 0.3) is 0 Å². The number of hydrogen-bond acceptors (Lipinski definition) is 8. The number of carbonyl (C=O) groups is 2. The minimum absolute atomic E-state index is 0.0413. The summed E-state index contributed by atoms with van der Waals surface area (Å²) in [5, 5.41) is 14.3. The molecule has 186 valence electrons. The second-order valence-electron chi connectivity index (χ2n) is 7.39. The average molecular weight is 547 g/mol. The van der Waals surface area contributed by atoms with Gasteiger partial charge in [0.2, 0.25) is 5.91 Å². The third-order valence-corrected chi connectivity index (χ3v) is 7.20. The van der Waals surface area contributed by atoms with Gasteiger partial charge >= 0.3 is 5.97 Å². The topological polar surface area (TPSA) is 95.3 Å². The van der Waals surface area contributed by atoms with E-state index < -0.39 is 5.97 Å². The summed E-state index contributed by atoms with van der Waals surface area (Å²) in [6, 6.07) is 12.7. The molecule has 0 aliphatic rings. The zero-order valence-corrected chi connectivity index (χ0v) is 21.5. The lowest BCUT2D eigenvalue weighted by Gasteiger charge is -2.08. The molecular weight excluding hydrogens is 527 g/mol. The van der Waals surface area contributed by atoms with Crippen LogP contribution in [0.1, 0.15) is 16.2 Å². The maximum absolute atomic E-state index is 13.0. The quantitative estimate of drug-likeness (QED) is 0.221. The van der Waals surface area contributed by atoms with E-state index in [-0.39, 0.29) is 29.6 Å². The van der Waals surface area contributed by atoms with Gasteiger partial charge in [-0.25, -0.2) is 9.18 Å². The Morgan fingerprint density at radius 2 is 1.86 bits per heavy atom. The molecule has 0 aliphatic heterocycles. The van der Waals surface area contributed by atoms with Crippen LogP contribution in [0.2, 0.25) is 5.02 Å². The summed E-state index contributed by atoms with van der Waals surface area (Å²) in [5.41, 5.74) is 1.70. The highest BCUT2D eigenvalue weighted by Gasteiger charge is 2.23. The molecule has 36 heavy (non-hydrogen) atoms. The first-order valence-corrected chi connectivity index (χ1v) is 12.7. The Hall–Kier alpha value is -3.41. The summed E-state index contributed by atoms with van der Waals surface area (Å²) < 4.78 is 25.3. The Labute approximate surface area is 219 Å². The van der Waals surface area contributed by atoms with Gasteiger partial charge in [-0.3, -0.25) is 4.79 Å². The number of rotatable bonds is 9. The summed E-state index contributed by atoms with van der Waals surface area (Å²) >= 11 is 8.40. The van der Waals surface area contributed by atoms with Gasteiger partial charge < -0.3 is 19.4 Å². The Morgan fingerprint density at radius 3 is 2.56 bits per heavy atom. The lowest BCUT2D eigenvalue weighted by Crippen LogP contribution is -2.16. The van der Waals surface area contributed by atoms with Crippen molar-refractivity contribution >= 4 is 51.6 Å². The van der Waals surface area contributed by atoms with Crippen molar-refractivity contribution in [1.29, 1.82) is 0 Å². The van der Waals surface area contributed by atoms with Crippen molar-refractivity contribution in [2.75, 3.05) is 18.2 Å². The van der Waals surface area contributed by atoms with Gasteiger partial charge in [0.05, 0.1) is 12.9 Å². The van der Waals surface area contributed by atoms with Gasteiger partial charge in [-0.15, -0.1) is 21.5 Å². The van der Waals surface area contributed by atoms with E-state index in [0.717, 1.165) is 5.56 Å². The van der Waals surface area contributed by atoms with E-state index in [1.165, 1.54) is 54.5 Å². The number of aromatic nitrogens is 3. The number of amides is 1. The fourth-order valence-corrected chi connectivity index (χ4v) is 4.99. The zero-order valence-electron chi connectivity index (χ0n) is 19.2. The zero-order chi connectivity index (χ0) is 25.7. The SMILES string of the molecule is COC(=O)c1c(-c2ccc(Cl)cc2)csc1NC(=O)CSc1nnc(COc2ccc(F)cc2)n1C. The van der Waals surface area contributed by atoms with Crippen LogP contribution >= 0.6 is 34.7 Å². The van der Waals surface area contributed by atoms with Gasteiger partial charge in [0, 0.05) is 23.0 Å². The molecule has 1 amide bonds. The fraction of sp³-hybridized carbons (Fsp3) is 0.167. The second kappa shape index (κ2) is 11.5. The number of nitrogens with one attached hydrogen (secondary N) is 1. The molecule has 0 saturated carbocycles. The Balaban J connectivity index is 1.39. The van der Waals surface area contributed by atoms with Gasteiger partial charge in [-0.1, -0.05) is 35.5 Å². The monoisotopic (exact) mass is 546 g/mol. The summed E-state index contributed by atoms with van der Waals surface area (Å²) in [6.45, 7) is 0.132. The van der Waals surface area contributed by atoms with Crippen LogP contribution in [0.25, 0.3) is 11.1 Å². The van der Waals surface area contributed by atoms with Gasteiger partial charge in [0.1, 0.15) is 28.7 Å². The molecular formula is C24H20ClFN4O4S2. The van der Waals surface area contributed by atoms with Crippen LogP contribution in [-0.4, -0.2) is 39.5 Å². The molecule has 0 bridgehead atoms. The molecule has 0 aliphatic carbocycles. The van der Waals surface area contributed by atoms with Crippen LogP contribution in [0.4, 0.5) is 9.39 Å². The van der Waals surface area contributed by atoms with Gasteiger partial charge in [-0.05, 0) is 42.0 Å². The number of nitrogens with zero attached hydrogens (tertiary/aromatic N) is 3. The predicted octanol–water partition coefficient (Wildman–Crippen LogP) is 5.43. The third kappa shape index (κ3) is 6.04.